The molecule has 4 heterocycles. The first-order chi connectivity index (χ1) is 14.9. The summed E-state index contributed by atoms with van der Waals surface area (Å²) in [4.78, 5) is 16.9. The second-order valence-electron chi connectivity index (χ2n) is 6.45. The van der Waals surface area contributed by atoms with E-state index in [-0.39, 0.29) is 18.2 Å². The highest BCUT2D eigenvalue weighted by atomic mass is 19.4. The molecule has 0 aliphatic rings. The molecule has 0 saturated carbocycles. The van der Waals surface area contributed by atoms with Crippen molar-refractivity contribution in [2.24, 2.45) is 0 Å². The van der Waals surface area contributed by atoms with Gasteiger partial charge in [0.15, 0.2) is 11.5 Å². The van der Waals surface area contributed by atoms with Crippen molar-refractivity contribution in [3.63, 3.8) is 0 Å². The number of carbonyl (C=O) groups excluding carboxylic acids is 1. The number of alkyl halides is 3. The number of pyridine rings is 1. The third-order valence-electron chi connectivity index (χ3n) is 4.42. The minimum Gasteiger partial charge on any atom is -0.480 e. The van der Waals surface area contributed by atoms with Crippen LogP contribution in [0.4, 0.5) is 13.2 Å². The van der Waals surface area contributed by atoms with Gasteiger partial charge in [0, 0.05) is 31.4 Å². The molecule has 0 saturated heterocycles. The molecule has 0 aromatic carbocycles. The number of carbonyl (C=O) groups is 1. The highest BCUT2D eigenvalue weighted by Crippen LogP contribution is 2.33. The van der Waals surface area contributed by atoms with Crippen molar-refractivity contribution in [3.05, 3.63) is 65.9 Å². The summed E-state index contributed by atoms with van der Waals surface area (Å²) in [6.45, 7) is 0.105. The molecule has 0 atom stereocenters. The van der Waals surface area contributed by atoms with Gasteiger partial charge in [-0.2, -0.15) is 18.3 Å². The lowest BCUT2D eigenvalue weighted by Gasteiger charge is -2.12. The molecule has 4 rings (SSSR count). The Hall–Kier alpha value is -3.96. The second kappa shape index (κ2) is 8.05. The van der Waals surface area contributed by atoms with Crippen molar-refractivity contribution >= 4 is 11.6 Å². The minimum absolute atomic E-state index is 0.105. The van der Waals surface area contributed by atoms with Crippen molar-refractivity contribution < 1.29 is 22.7 Å². The van der Waals surface area contributed by atoms with Crippen LogP contribution in [0.3, 0.4) is 0 Å². The van der Waals surface area contributed by atoms with Crippen LogP contribution in [0.1, 0.15) is 21.7 Å². The van der Waals surface area contributed by atoms with Gasteiger partial charge in [0.2, 0.25) is 5.88 Å². The van der Waals surface area contributed by atoms with Crippen LogP contribution in [0, 0.1) is 0 Å². The van der Waals surface area contributed by atoms with Gasteiger partial charge in [-0.15, -0.1) is 10.2 Å². The fourth-order valence-electron chi connectivity index (χ4n) is 3.00. The van der Waals surface area contributed by atoms with E-state index in [0.29, 0.717) is 16.8 Å². The fourth-order valence-corrected chi connectivity index (χ4v) is 3.00. The van der Waals surface area contributed by atoms with Crippen LogP contribution in [-0.4, -0.2) is 48.9 Å². The van der Waals surface area contributed by atoms with Crippen LogP contribution < -0.4 is 10.1 Å². The lowest BCUT2D eigenvalue weighted by molar-refractivity contribution is -0.143. The summed E-state index contributed by atoms with van der Waals surface area (Å²) in [5.41, 5.74) is -0.408. The summed E-state index contributed by atoms with van der Waals surface area (Å²) >= 11 is 0. The first-order valence-electron chi connectivity index (χ1n) is 9.11. The largest absolute Gasteiger partial charge is 0.480 e. The predicted molar refractivity (Wildman–Crippen MR) is 102 cm³/mol. The summed E-state index contributed by atoms with van der Waals surface area (Å²) in [5.74, 6) is -0.963. The van der Waals surface area contributed by atoms with Crippen molar-refractivity contribution in [1.29, 1.82) is 0 Å². The third kappa shape index (κ3) is 4.17. The molecular weight excluding hydrogens is 415 g/mol. The second-order valence-corrected chi connectivity index (χ2v) is 6.45. The van der Waals surface area contributed by atoms with Gasteiger partial charge in [-0.25, -0.2) is 9.67 Å². The van der Waals surface area contributed by atoms with E-state index in [1.54, 1.807) is 6.20 Å². The number of imidazole rings is 1. The molecule has 4 aromatic rings. The van der Waals surface area contributed by atoms with E-state index in [1.807, 2.05) is 28.8 Å². The third-order valence-corrected chi connectivity index (χ3v) is 4.42. The highest BCUT2D eigenvalue weighted by molar-refractivity contribution is 5.95. The van der Waals surface area contributed by atoms with Crippen LogP contribution in [0.15, 0.2) is 48.9 Å². The lowest BCUT2D eigenvalue weighted by Crippen LogP contribution is -2.28. The SMILES string of the molecule is COc1ccc(-n2ncc(C(=O)NCCc3cn4ccccc4n3)c2C(F)(F)F)nn1. The molecule has 9 nitrogen and oxygen atoms in total. The maximum Gasteiger partial charge on any atom is 0.434 e. The molecule has 160 valence electrons. The van der Waals surface area contributed by atoms with Gasteiger partial charge >= 0.3 is 6.18 Å². The average Bonchev–Trinajstić information content (AvgIpc) is 3.38. The Morgan fingerprint density at radius 1 is 1.19 bits per heavy atom. The maximum absolute atomic E-state index is 13.7. The number of nitrogens with zero attached hydrogens (tertiary/aromatic N) is 6. The molecule has 12 heteroatoms. The molecule has 0 radical (unpaired) electrons. The van der Waals surface area contributed by atoms with Crippen LogP contribution in [0.5, 0.6) is 5.88 Å². The van der Waals surface area contributed by atoms with Gasteiger partial charge < -0.3 is 14.5 Å². The smallest absolute Gasteiger partial charge is 0.434 e. The molecule has 1 amide bonds. The summed E-state index contributed by atoms with van der Waals surface area (Å²) in [7, 11) is 1.35. The predicted octanol–water partition coefficient (Wildman–Crippen LogP) is 2.31. The van der Waals surface area contributed by atoms with Gasteiger partial charge in [-0.05, 0) is 18.2 Å². The van der Waals surface area contributed by atoms with Crippen LogP contribution in [0.2, 0.25) is 0 Å². The number of rotatable bonds is 6. The number of ether oxygens (including phenoxy) is 1. The topological polar surface area (TPSA) is 99.2 Å². The molecular formula is C19H16F3N7O2. The maximum atomic E-state index is 13.7. The minimum atomic E-state index is -4.84. The zero-order valence-electron chi connectivity index (χ0n) is 16.2. The molecule has 0 aliphatic carbocycles. The standard InChI is InChI=1S/C19H16F3N7O2/c1-31-16-6-5-15(26-27-16)29-17(19(20,21)22)13(10-24-29)18(30)23-8-7-12-11-28-9-3-2-4-14(28)25-12/h2-6,9-11H,7-8H2,1H3,(H,23,30). The zero-order chi connectivity index (χ0) is 22.0. The fraction of sp³-hybridized carbons (Fsp3) is 0.211. The zero-order valence-corrected chi connectivity index (χ0v) is 16.2. The summed E-state index contributed by atoms with van der Waals surface area (Å²) < 4.78 is 48.3. The Morgan fingerprint density at radius 2 is 2.03 bits per heavy atom. The molecule has 0 unspecified atom stereocenters. The molecule has 0 aliphatic heterocycles. The van der Waals surface area contributed by atoms with Gasteiger partial charge in [-0.1, -0.05) is 6.07 Å². The molecule has 0 fully saturated rings. The number of fused-ring (bicyclic) bond motifs is 1. The van der Waals surface area contributed by atoms with Gasteiger partial charge in [0.25, 0.3) is 5.91 Å². The van der Waals surface area contributed by atoms with E-state index < -0.39 is 23.3 Å². The summed E-state index contributed by atoms with van der Waals surface area (Å²) in [5, 5.41) is 13.5. The highest BCUT2D eigenvalue weighted by Gasteiger charge is 2.41. The number of aromatic nitrogens is 6. The van der Waals surface area contributed by atoms with Gasteiger partial charge in [0.1, 0.15) is 5.65 Å². The quantitative estimate of drug-likeness (QED) is 0.503. The molecule has 0 bridgehead atoms. The Bertz CT molecular complexity index is 1180. The lowest BCUT2D eigenvalue weighted by atomic mass is 10.2. The Morgan fingerprint density at radius 3 is 2.71 bits per heavy atom. The van der Waals surface area contributed by atoms with Crippen LogP contribution >= 0.6 is 0 Å². The summed E-state index contributed by atoms with van der Waals surface area (Å²) in [6, 6.07) is 8.13. The van der Waals surface area contributed by atoms with E-state index in [9.17, 15) is 18.0 Å². The van der Waals surface area contributed by atoms with Gasteiger partial charge in [0.05, 0.1) is 24.6 Å². The number of hydrogen-bond donors (Lipinski definition) is 1. The van der Waals surface area contributed by atoms with E-state index in [4.69, 9.17) is 4.74 Å². The Kier molecular flexibility index (Phi) is 5.28. The van der Waals surface area contributed by atoms with Crippen LogP contribution in [-0.2, 0) is 12.6 Å². The summed E-state index contributed by atoms with van der Waals surface area (Å²) in [6.07, 6.45) is -0.00624. The first-order valence-corrected chi connectivity index (χ1v) is 9.11. The number of methoxy groups -OCH3 is 1. The first kappa shape index (κ1) is 20.3. The van der Waals surface area contributed by atoms with E-state index in [2.05, 4.69) is 25.6 Å². The van der Waals surface area contributed by atoms with E-state index in [1.165, 1.54) is 19.2 Å². The normalized spacial score (nSPS) is 11.6. The molecule has 0 spiro atoms. The Labute approximate surface area is 173 Å². The molecule has 4 aromatic heterocycles. The van der Waals surface area contributed by atoms with E-state index in [0.717, 1.165) is 11.8 Å². The van der Waals surface area contributed by atoms with Crippen molar-refractivity contribution in [2.45, 2.75) is 12.6 Å². The number of halogens is 3. The Balaban J connectivity index is 1.52. The molecule has 1 N–H and O–H groups in total. The monoisotopic (exact) mass is 431 g/mol. The van der Waals surface area contributed by atoms with Crippen molar-refractivity contribution in [1.82, 2.24) is 34.7 Å². The van der Waals surface area contributed by atoms with Crippen molar-refractivity contribution in [3.8, 4) is 11.7 Å². The van der Waals surface area contributed by atoms with E-state index >= 15 is 0 Å². The number of nitrogens with one attached hydrogen (secondary N) is 1. The van der Waals surface area contributed by atoms with Crippen LogP contribution in [0.25, 0.3) is 11.5 Å². The van der Waals surface area contributed by atoms with Crippen molar-refractivity contribution in [2.75, 3.05) is 13.7 Å². The number of hydrogen-bond acceptors (Lipinski definition) is 6. The molecule has 31 heavy (non-hydrogen) atoms. The number of amides is 1. The average molecular weight is 431 g/mol. The van der Waals surface area contributed by atoms with Gasteiger partial charge in [-0.3, -0.25) is 4.79 Å².